The van der Waals surface area contributed by atoms with Crippen LogP contribution in [0.2, 0.25) is 5.02 Å². The maximum Gasteiger partial charge on any atom is 0.173 e. The van der Waals surface area contributed by atoms with E-state index < -0.39 is 0 Å². The van der Waals surface area contributed by atoms with Crippen molar-refractivity contribution >= 4 is 23.8 Å². The monoisotopic (exact) mass is 322 g/mol. The molecule has 1 aromatic heterocycles. The Morgan fingerprint density at radius 2 is 1.61 bits per heavy atom. The molecule has 0 aliphatic rings. The van der Waals surface area contributed by atoms with Crippen LogP contribution in [0, 0.1) is 0 Å². The number of phenols is 1. The zero-order valence-corrected chi connectivity index (χ0v) is 13.3. The Morgan fingerprint density at radius 3 is 2.35 bits per heavy atom. The molecule has 114 valence electrons. The molecular formula is C20H17ClNO+. The highest BCUT2D eigenvalue weighted by atomic mass is 35.5. The molecule has 2 nitrogen and oxygen atoms in total. The number of phenolic OH excluding ortho intramolecular Hbond substituents is 1. The van der Waals surface area contributed by atoms with Crippen LogP contribution in [0.5, 0.6) is 5.75 Å². The minimum absolute atomic E-state index is 0.277. The van der Waals surface area contributed by atoms with Crippen LogP contribution >= 0.6 is 11.6 Å². The molecule has 23 heavy (non-hydrogen) atoms. The number of rotatable bonds is 4. The maximum atomic E-state index is 9.46. The summed E-state index contributed by atoms with van der Waals surface area (Å²) in [6.07, 6.45) is 8.10. The Labute approximate surface area is 140 Å². The third-order valence-corrected chi connectivity index (χ3v) is 3.74. The lowest BCUT2D eigenvalue weighted by Crippen LogP contribution is -2.33. The van der Waals surface area contributed by atoms with E-state index in [0.29, 0.717) is 0 Å². The summed E-state index contributed by atoms with van der Waals surface area (Å²) in [7, 11) is 0. The molecule has 1 heterocycles. The molecule has 0 aliphatic heterocycles. The van der Waals surface area contributed by atoms with Crippen molar-refractivity contribution in [3.63, 3.8) is 0 Å². The van der Waals surface area contributed by atoms with Crippen LogP contribution < -0.4 is 4.57 Å². The molecule has 3 heteroatoms. The van der Waals surface area contributed by atoms with Crippen molar-refractivity contribution in [1.82, 2.24) is 0 Å². The SMILES string of the molecule is Oc1cccc(/C=C/c2cc[n+](Cc3cccc(Cl)c3)cc2)c1. The molecule has 0 spiro atoms. The first-order valence-corrected chi connectivity index (χ1v) is 7.77. The molecule has 0 radical (unpaired) electrons. The van der Waals surface area contributed by atoms with Crippen LogP contribution in [-0.2, 0) is 6.54 Å². The summed E-state index contributed by atoms with van der Waals surface area (Å²) in [6.45, 7) is 0.789. The van der Waals surface area contributed by atoms with Gasteiger partial charge in [-0.2, -0.15) is 0 Å². The van der Waals surface area contributed by atoms with Gasteiger partial charge < -0.3 is 5.11 Å². The molecule has 0 fully saturated rings. The lowest BCUT2D eigenvalue weighted by molar-refractivity contribution is -0.688. The number of halogens is 1. The first kappa shape index (κ1) is 15.3. The highest BCUT2D eigenvalue weighted by molar-refractivity contribution is 6.30. The van der Waals surface area contributed by atoms with Crippen molar-refractivity contribution in [2.75, 3.05) is 0 Å². The highest BCUT2D eigenvalue weighted by Crippen LogP contribution is 2.14. The summed E-state index contributed by atoms with van der Waals surface area (Å²) in [6, 6.07) is 19.2. The smallest absolute Gasteiger partial charge is 0.173 e. The number of aromatic nitrogens is 1. The lowest BCUT2D eigenvalue weighted by Gasteiger charge is -1.99. The van der Waals surface area contributed by atoms with Crippen molar-refractivity contribution in [1.29, 1.82) is 0 Å². The molecule has 2 aromatic carbocycles. The topological polar surface area (TPSA) is 24.1 Å². The third kappa shape index (κ3) is 4.44. The van der Waals surface area contributed by atoms with Crippen LogP contribution in [0.3, 0.4) is 0 Å². The van der Waals surface area contributed by atoms with Gasteiger partial charge in [0, 0.05) is 22.7 Å². The van der Waals surface area contributed by atoms with Gasteiger partial charge in [0.05, 0.1) is 0 Å². The Kier molecular flexibility index (Phi) is 4.74. The Bertz CT molecular complexity index is 825. The predicted octanol–water partition coefficient (Wildman–Crippen LogP) is 4.55. The standard InChI is InChI=1S/C20H16ClNO/c21-19-5-1-4-18(13-19)15-22-11-9-16(10-12-22)7-8-17-3-2-6-20(23)14-17/h1-14H,15H2/p+1/b8-7+. The van der Waals surface area contributed by atoms with E-state index >= 15 is 0 Å². The van der Waals surface area contributed by atoms with Crippen molar-refractivity contribution in [2.45, 2.75) is 6.54 Å². The largest absolute Gasteiger partial charge is 0.508 e. The van der Waals surface area contributed by atoms with Crippen molar-refractivity contribution in [3.05, 3.63) is 94.8 Å². The summed E-state index contributed by atoms with van der Waals surface area (Å²) < 4.78 is 2.11. The number of hydrogen-bond donors (Lipinski definition) is 1. The number of benzene rings is 2. The summed E-state index contributed by atoms with van der Waals surface area (Å²) in [5, 5.41) is 10.2. The van der Waals surface area contributed by atoms with Crippen LogP contribution in [0.1, 0.15) is 16.7 Å². The fourth-order valence-corrected chi connectivity index (χ4v) is 2.57. The van der Waals surface area contributed by atoms with Gasteiger partial charge in [-0.3, -0.25) is 0 Å². The molecular weight excluding hydrogens is 306 g/mol. The van der Waals surface area contributed by atoms with E-state index in [4.69, 9.17) is 11.6 Å². The van der Waals surface area contributed by atoms with E-state index in [2.05, 4.69) is 22.8 Å². The number of aromatic hydroxyl groups is 1. The summed E-state index contributed by atoms with van der Waals surface area (Å²) >= 11 is 6.01. The van der Waals surface area contributed by atoms with Gasteiger partial charge in [0.15, 0.2) is 18.9 Å². The summed E-state index contributed by atoms with van der Waals surface area (Å²) in [5.41, 5.74) is 3.25. The van der Waals surface area contributed by atoms with E-state index in [-0.39, 0.29) is 5.75 Å². The van der Waals surface area contributed by atoms with Crippen molar-refractivity contribution in [2.24, 2.45) is 0 Å². The van der Waals surface area contributed by atoms with Gasteiger partial charge >= 0.3 is 0 Å². The molecule has 0 saturated carbocycles. The third-order valence-electron chi connectivity index (χ3n) is 3.51. The minimum Gasteiger partial charge on any atom is -0.508 e. The molecule has 0 amide bonds. The van der Waals surface area contributed by atoms with E-state index in [1.165, 1.54) is 5.56 Å². The van der Waals surface area contributed by atoms with Gasteiger partial charge in [0.25, 0.3) is 0 Å². The molecule has 3 rings (SSSR count). The Balaban J connectivity index is 1.69. The molecule has 0 unspecified atom stereocenters. The van der Waals surface area contributed by atoms with Crippen LogP contribution in [-0.4, -0.2) is 5.11 Å². The zero-order chi connectivity index (χ0) is 16.1. The van der Waals surface area contributed by atoms with E-state index in [1.54, 1.807) is 12.1 Å². The van der Waals surface area contributed by atoms with Crippen molar-refractivity contribution < 1.29 is 9.67 Å². The predicted molar refractivity (Wildman–Crippen MR) is 94.2 cm³/mol. The summed E-state index contributed by atoms with van der Waals surface area (Å²) in [5.74, 6) is 0.277. The first-order valence-electron chi connectivity index (χ1n) is 7.40. The van der Waals surface area contributed by atoms with E-state index in [0.717, 1.165) is 22.7 Å². The minimum atomic E-state index is 0.277. The average molecular weight is 323 g/mol. The van der Waals surface area contributed by atoms with Crippen molar-refractivity contribution in [3.8, 4) is 5.75 Å². The fraction of sp³-hybridized carbons (Fsp3) is 0.0500. The zero-order valence-electron chi connectivity index (χ0n) is 12.6. The molecule has 0 atom stereocenters. The molecule has 0 saturated heterocycles. The number of hydrogen-bond acceptors (Lipinski definition) is 1. The second-order valence-electron chi connectivity index (χ2n) is 5.36. The first-order chi connectivity index (χ1) is 11.2. The van der Waals surface area contributed by atoms with E-state index in [9.17, 15) is 5.11 Å². The van der Waals surface area contributed by atoms with E-state index in [1.807, 2.05) is 54.9 Å². The molecule has 3 aromatic rings. The van der Waals surface area contributed by atoms with Gasteiger partial charge in [-0.05, 0) is 35.4 Å². The van der Waals surface area contributed by atoms with Gasteiger partial charge in [-0.25, -0.2) is 4.57 Å². The van der Waals surface area contributed by atoms with Crippen LogP contribution in [0.4, 0.5) is 0 Å². The van der Waals surface area contributed by atoms with Gasteiger partial charge in [0.2, 0.25) is 0 Å². The quantitative estimate of drug-likeness (QED) is 0.700. The second kappa shape index (κ2) is 7.12. The second-order valence-corrected chi connectivity index (χ2v) is 5.80. The lowest BCUT2D eigenvalue weighted by atomic mass is 10.1. The molecule has 0 bridgehead atoms. The summed E-state index contributed by atoms with van der Waals surface area (Å²) in [4.78, 5) is 0. The Hall–Kier alpha value is -2.58. The molecule has 0 aliphatic carbocycles. The van der Waals surface area contributed by atoms with Gasteiger partial charge in [-0.1, -0.05) is 48.0 Å². The average Bonchev–Trinajstić information content (AvgIpc) is 2.54. The maximum absolute atomic E-state index is 9.46. The van der Waals surface area contributed by atoms with Crippen LogP contribution in [0.15, 0.2) is 73.1 Å². The van der Waals surface area contributed by atoms with Gasteiger partial charge in [-0.15, -0.1) is 0 Å². The number of nitrogens with zero attached hydrogens (tertiary/aromatic N) is 1. The van der Waals surface area contributed by atoms with Crippen LogP contribution in [0.25, 0.3) is 12.2 Å². The fourth-order valence-electron chi connectivity index (χ4n) is 2.35. The molecule has 1 N–H and O–H groups in total. The highest BCUT2D eigenvalue weighted by Gasteiger charge is 2.02. The van der Waals surface area contributed by atoms with Gasteiger partial charge in [0.1, 0.15) is 5.75 Å². The number of pyridine rings is 1. The normalized spacial score (nSPS) is 11.0. The Morgan fingerprint density at radius 1 is 0.870 bits per heavy atom.